The van der Waals surface area contributed by atoms with Crippen LogP contribution < -0.4 is 5.32 Å². The van der Waals surface area contributed by atoms with Crippen LogP contribution in [0.1, 0.15) is 15.9 Å². The summed E-state index contributed by atoms with van der Waals surface area (Å²) < 4.78 is 0. The lowest BCUT2D eigenvalue weighted by Gasteiger charge is -2.01. The van der Waals surface area contributed by atoms with Crippen LogP contribution in [0.5, 0.6) is 0 Å². The molecule has 3 heteroatoms. The average molecular weight is 189 g/mol. The molecule has 3 nitrogen and oxygen atoms in total. The molecule has 1 aliphatic rings. The third kappa shape index (κ3) is 1.67. The van der Waals surface area contributed by atoms with Crippen LogP contribution in [0.2, 0.25) is 0 Å². The Labute approximate surface area is 82.1 Å². The Morgan fingerprint density at radius 3 is 2.50 bits per heavy atom. The second-order valence-electron chi connectivity index (χ2n) is 3.24. The van der Waals surface area contributed by atoms with Crippen LogP contribution in [-0.2, 0) is 0 Å². The first-order valence-corrected chi connectivity index (χ1v) is 4.51. The molecule has 2 rings (SSSR count). The molecule has 1 aromatic rings. The van der Waals surface area contributed by atoms with Crippen molar-refractivity contribution in [3.63, 3.8) is 0 Å². The number of hydrogen-bond donors (Lipinski definition) is 2. The van der Waals surface area contributed by atoms with Crippen molar-refractivity contribution in [3.05, 3.63) is 41.5 Å². The van der Waals surface area contributed by atoms with Crippen molar-refractivity contribution >= 4 is 11.5 Å². The van der Waals surface area contributed by atoms with Gasteiger partial charge in [-0.15, -0.1) is 0 Å². The highest BCUT2D eigenvalue weighted by Gasteiger charge is 2.07. The van der Waals surface area contributed by atoms with E-state index in [1.165, 1.54) is 5.57 Å². The summed E-state index contributed by atoms with van der Waals surface area (Å²) in [4.78, 5) is 10.6. The SMILES string of the molecule is O=C(O)c1ccc(C2=CCNC2)cc1. The van der Waals surface area contributed by atoms with E-state index in [-0.39, 0.29) is 0 Å². The third-order valence-electron chi connectivity index (χ3n) is 2.31. The lowest BCUT2D eigenvalue weighted by atomic mass is 10.1. The molecule has 0 amide bonds. The molecular formula is C11H11NO2. The number of hydrogen-bond acceptors (Lipinski definition) is 2. The summed E-state index contributed by atoms with van der Waals surface area (Å²) in [5, 5.41) is 11.9. The first-order chi connectivity index (χ1) is 6.77. The number of carboxylic acids is 1. The van der Waals surface area contributed by atoms with Crippen LogP contribution in [-0.4, -0.2) is 24.2 Å². The maximum atomic E-state index is 10.6. The Morgan fingerprint density at radius 1 is 1.29 bits per heavy atom. The van der Waals surface area contributed by atoms with Gasteiger partial charge in [-0.3, -0.25) is 0 Å². The van der Waals surface area contributed by atoms with E-state index in [2.05, 4.69) is 11.4 Å². The Hall–Kier alpha value is -1.61. The summed E-state index contributed by atoms with van der Waals surface area (Å²) in [5.74, 6) is -0.880. The Morgan fingerprint density at radius 2 is 2.00 bits per heavy atom. The smallest absolute Gasteiger partial charge is 0.335 e. The monoisotopic (exact) mass is 189 g/mol. The van der Waals surface area contributed by atoms with Gasteiger partial charge in [0, 0.05) is 13.1 Å². The molecule has 2 N–H and O–H groups in total. The normalized spacial score (nSPS) is 15.3. The minimum Gasteiger partial charge on any atom is -0.478 e. The van der Waals surface area contributed by atoms with E-state index >= 15 is 0 Å². The maximum absolute atomic E-state index is 10.6. The van der Waals surface area contributed by atoms with E-state index in [4.69, 9.17) is 5.11 Å². The van der Waals surface area contributed by atoms with Gasteiger partial charge in [-0.2, -0.15) is 0 Å². The van der Waals surface area contributed by atoms with E-state index in [0.29, 0.717) is 5.56 Å². The van der Waals surface area contributed by atoms with Crippen LogP contribution >= 0.6 is 0 Å². The predicted molar refractivity (Wildman–Crippen MR) is 54.2 cm³/mol. The second-order valence-corrected chi connectivity index (χ2v) is 3.24. The average Bonchev–Trinajstić information content (AvgIpc) is 2.71. The molecule has 14 heavy (non-hydrogen) atoms. The second kappa shape index (κ2) is 3.64. The standard InChI is InChI=1S/C11H11NO2/c13-11(14)9-3-1-8(2-4-9)10-5-6-12-7-10/h1-5,12H,6-7H2,(H,13,14). The lowest BCUT2D eigenvalue weighted by molar-refractivity contribution is 0.0697. The van der Waals surface area contributed by atoms with E-state index in [1.807, 2.05) is 12.1 Å². The maximum Gasteiger partial charge on any atom is 0.335 e. The van der Waals surface area contributed by atoms with Gasteiger partial charge >= 0.3 is 5.97 Å². The number of aromatic carboxylic acids is 1. The molecule has 1 aliphatic heterocycles. The minimum atomic E-state index is -0.880. The van der Waals surface area contributed by atoms with Gasteiger partial charge in [-0.1, -0.05) is 18.2 Å². The quantitative estimate of drug-likeness (QED) is 0.738. The lowest BCUT2D eigenvalue weighted by Crippen LogP contribution is -2.07. The van der Waals surface area contributed by atoms with E-state index in [0.717, 1.165) is 18.7 Å². The summed E-state index contributed by atoms with van der Waals surface area (Å²) >= 11 is 0. The van der Waals surface area contributed by atoms with Gasteiger partial charge in [0.25, 0.3) is 0 Å². The number of carbonyl (C=O) groups is 1. The number of nitrogens with one attached hydrogen (secondary N) is 1. The zero-order valence-corrected chi connectivity index (χ0v) is 7.66. The van der Waals surface area contributed by atoms with Crippen LogP contribution in [0.4, 0.5) is 0 Å². The highest BCUT2D eigenvalue weighted by Crippen LogP contribution is 2.16. The van der Waals surface area contributed by atoms with Crippen molar-refractivity contribution < 1.29 is 9.90 Å². The highest BCUT2D eigenvalue weighted by atomic mass is 16.4. The molecule has 0 aromatic heterocycles. The third-order valence-corrected chi connectivity index (χ3v) is 2.31. The topological polar surface area (TPSA) is 49.3 Å². The fourth-order valence-electron chi connectivity index (χ4n) is 1.52. The predicted octanol–water partition coefficient (Wildman–Crippen LogP) is 1.37. The molecule has 0 atom stereocenters. The van der Waals surface area contributed by atoms with Gasteiger partial charge in [0.1, 0.15) is 0 Å². The molecule has 0 unspecified atom stereocenters. The summed E-state index contributed by atoms with van der Waals surface area (Å²) in [5.41, 5.74) is 2.67. The van der Waals surface area contributed by atoms with Crippen molar-refractivity contribution in [2.45, 2.75) is 0 Å². The van der Waals surface area contributed by atoms with Gasteiger partial charge in [0.15, 0.2) is 0 Å². The Balaban J connectivity index is 2.25. The van der Waals surface area contributed by atoms with Gasteiger partial charge < -0.3 is 10.4 Å². The Kier molecular flexibility index (Phi) is 2.33. The largest absolute Gasteiger partial charge is 0.478 e. The first-order valence-electron chi connectivity index (χ1n) is 4.51. The molecule has 0 fully saturated rings. The molecule has 0 saturated carbocycles. The van der Waals surface area contributed by atoms with Crippen molar-refractivity contribution in [3.8, 4) is 0 Å². The number of carboxylic acid groups (broad SMARTS) is 1. The van der Waals surface area contributed by atoms with Gasteiger partial charge in [0.2, 0.25) is 0 Å². The minimum absolute atomic E-state index is 0.334. The van der Waals surface area contributed by atoms with Crippen LogP contribution in [0.25, 0.3) is 5.57 Å². The van der Waals surface area contributed by atoms with Crippen LogP contribution in [0.3, 0.4) is 0 Å². The number of rotatable bonds is 2. The van der Waals surface area contributed by atoms with Gasteiger partial charge in [-0.05, 0) is 23.3 Å². The van der Waals surface area contributed by atoms with Crippen molar-refractivity contribution in [2.24, 2.45) is 0 Å². The van der Waals surface area contributed by atoms with Gasteiger partial charge in [-0.25, -0.2) is 4.79 Å². The summed E-state index contributed by atoms with van der Waals surface area (Å²) in [6.07, 6.45) is 2.12. The van der Waals surface area contributed by atoms with Crippen molar-refractivity contribution in [2.75, 3.05) is 13.1 Å². The molecule has 0 aliphatic carbocycles. The zero-order chi connectivity index (χ0) is 9.97. The van der Waals surface area contributed by atoms with Crippen LogP contribution in [0.15, 0.2) is 30.3 Å². The zero-order valence-electron chi connectivity index (χ0n) is 7.66. The summed E-state index contributed by atoms with van der Waals surface area (Å²) in [6, 6.07) is 6.97. The van der Waals surface area contributed by atoms with E-state index < -0.39 is 5.97 Å². The fraction of sp³-hybridized carbons (Fsp3) is 0.182. The van der Waals surface area contributed by atoms with Gasteiger partial charge in [0.05, 0.1) is 5.56 Å². The molecule has 1 aromatic carbocycles. The molecular weight excluding hydrogens is 178 g/mol. The summed E-state index contributed by atoms with van der Waals surface area (Å²) in [7, 11) is 0. The van der Waals surface area contributed by atoms with E-state index in [9.17, 15) is 4.79 Å². The highest BCUT2D eigenvalue weighted by molar-refractivity contribution is 5.88. The fourth-order valence-corrected chi connectivity index (χ4v) is 1.52. The van der Waals surface area contributed by atoms with Crippen molar-refractivity contribution in [1.29, 1.82) is 0 Å². The molecule has 72 valence electrons. The first kappa shape index (κ1) is 8.97. The number of benzene rings is 1. The molecule has 0 radical (unpaired) electrons. The molecule has 0 bridgehead atoms. The molecule has 0 saturated heterocycles. The van der Waals surface area contributed by atoms with Crippen molar-refractivity contribution in [1.82, 2.24) is 5.32 Å². The van der Waals surface area contributed by atoms with E-state index in [1.54, 1.807) is 12.1 Å². The molecule has 0 spiro atoms. The summed E-state index contributed by atoms with van der Waals surface area (Å²) in [6.45, 7) is 1.77. The molecule has 1 heterocycles. The Bertz CT molecular complexity index is 379. The van der Waals surface area contributed by atoms with Crippen LogP contribution in [0, 0.1) is 0 Å².